The van der Waals surface area contributed by atoms with E-state index in [4.69, 9.17) is 0 Å². The third-order valence-electron chi connectivity index (χ3n) is 4.15. The number of carbonyl (C=O) groups is 1. The van der Waals surface area contributed by atoms with Crippen molar-refractivity contribution in [3.8, 4) is 0 Å². The zero-order chi connectivity index (χ0) is 10.3. The fourth-order valence-electron chi connectivity index (χ4n) is 2.96. The van der Waals surface area contributed by atoms with Gasteiger partial charge in [0, 0.05) is 26.2 Å². The molecule has 0 aliphatic carbocycles. The molecule has 0 aromatic rings. The Morgan fingerprint density at radius 3 is 2.53 bits per heavy atom. The maximum Gasteiger partial charge on any atom is 0.228 e. The number of likely N-dealkylation sites (tertiary alicyclic amines) is 1. The maximum absolute atomic E-state index is 12.0. The average Bonchev–Trinajstić information content (AvgIpc) is 2.61. The molecule has 0 spiro atoms. The van der Waals surface area contributed by atoms with Crippen molar-refractivity contribution in [3.63, 3.8) is 0 Å². The Labute approximate surface area is 90.4 Å². The van der Waals surface area contributed by atoms with E-state index in [1.54, 1.807) is 0 Å². The Kier molecular flexibility index (Phi) is 2.41. The summed E-state index contributed by atoms with van der Waals surface area (Å²) in [6.45, 7) is 6.03. The second-order valence-corrected chi connectivity index (χ2v) is 5.11. The molecule has 2 atom stereocenters. The summed E-state index contributed by atoms with van der Waals surface area (Å²) in [5, 5.41) is 6.60. The lowest BCUT2D eigenvalue weighted by Crippen LogP contribution is -2.54. The van der Waals surface area contributed by atoms with Crippen LogP contribution in [0.2, 0.25) is 0 Å². The Morgan fingerprint density at radius 2 is 1.80 bits per heavy atom. The van der Waals surface area contributed by atoms with Gasteiger partial charge in [0.1, 0.15) is 0 Å². The average molecular weight is 209 g/mol. The summed E-state index contributed by atoms with van der Waals surface area (Å²) >= 11 is 0. The van der Waals surface area contributed by atoms with Gasteiger partial charge in [0.25, 0.3) is 0 Å². The lowest BCUT2D eigenvalue weighted by Gasteiger charge is -2.38. The summed E-state index contributed by atoms with van der Waals surface area (Å²) < 4.78 is 0. The van der Waals surface area contributed by atoms with Crippen LogP contribution in [-0.2, 0) is 4.79 Å². The van der Waals surface area contributed by atoms with Crippen molar-refractivity contribution in [3.05, 3.63) is 0 Å². The molecule has 4 heteroatoms. The number of hydrogen-bond donors (Lipinski definition) is 2. The number of fused-ring (bicyclic) bond motifs is 1. The first-order valence-electron chi connectivity index (χ1n) is 6.05. The quantitative estimate of drug-likeness (QED) is 0.599. The van der Waals surface area contributed by atoms with Crippen LogP contribution < -0.4 is 10.6 Å². The number of carbonyl (C=O) groups excluding carboxylic acids is 1. The van der Waals surface area contributed by atoms with E-state index in [-0.39, 0.29) is 5.92 Å². The lowest BCUT2D eigenvalue weighted by molar-refractivity contribution is -0.139. The third kappa shape index (κ3) is 1.66. The van der Waals surface area contributed by atoms with Gasteiger partial charge >= 0.3 is 0 Å². The first-order chi connectivity index (χ1) is 7.34. The lowest BCUT2D eigenvalue weighted by atomic mass is 9.87. The maximum atomic E-state index is 12.0. The van der Waals surface area contributed by atoms with Crippen molar-refractivity contribution in [2.75, 3.05) is 39.3 Å². The summed E-state index contributed by atoms with van der Waals surface area (Å²) in [6, 6.07) is 0. The Hall–Kier alpha value is -0.610. The Morgan fingerprint density at radius 1 is 1.07 bits per heavy atom. The van der Waals surface area contributed by atoms with Crippen LogP contribution in [0, 0.1) is 17.8 Å². The van der Waals surface area contributed by atoms with E-state index in [1.807, 2.05) is 0 Å². The van der Waals surface area contributed by atoms with Crippen LogP contribution in [0.25, 0.3) is 0 Å². The number of hydrogen-bond acceptors (Lipinski definition) is 3. The van der Waals surface area contributed by atoms with Gasteiger partial charge in [0.15, 0.2) is 0 Å². The second kappa shape index (κ2) is 3.76. The van der Waals surface area contributed by atoms with Crippen molar-refractivity contribution in [1.82, 2.24) is 15.5 Å². The second-order valence-electron chi connectivity index (χ2n) is 5.11. The molecule has 0 aromatic carbocycles. The smallest absolute Gasteiger partial charge is 0.228 e. The van der Waals surface area contributed by atoms with E-state index in [0.29, 0.717) is 5.91 Å². The molecular weight excluding hydrogens is 190 g/mol. The molecule has 3 saturated heterocycles. The van der Waals surface area contributed by atoms with Gasteiger partial charge in [0.05, 0.1) is 5.92 Å². The Bertz CT molecular complexity index is 265. The fraction of sp³-hybridized carbons (Fsp3) is 0.909. The zero-order valence-corrected chi connectivity index (χ0v) is 9.04. The van der Waals surface area contributed by atoms with Crippen LogP contribution in [0.15, 0.2) is 0 Å². The number of amides is 1. The van der Waals surface area contributed by atoms with Crippen LogP contribution in [0.1, 0.15) is 6.42 Å². The molecule has 3 aliphatic rings. The van der Waals surface area contributed by atoms with Crippen LogP contribution >= 0.6 is 0 Å². The minimum Gasteiger partial charge on any atom is -0.342 e. The summed E-state index contributed by atoms with van der Waals surface area (Å²) in [4.78, 5) is 14.1. The molecule has 3 heterocycles. The minimum atomic E-state index is 0.274. The van der Waals surface area contributed by atoms with Gasteiger partial charge in [-0.3, -0.25) is 4.79 Å². The van der Waals surface area contributed by atoms with E-state index in [1.165, 1.54) is 6.42 Å². The predicted molar refractivity (Wildman–Crippen MR) is 57.4 cm³/mol. The van der Waals surface area contributed by atoms with Gasteiger partial charge in [-0.05, 0) is 31.3 Å². The normalized spacial score (nSPS) is 36.1. The van der Waals surface area contributed by atoms with Crippen molar-refractivity contribution in [2.45, 2.75) is 6.42 Å². The molecule has 2 N–H and O–H groups in total. The van der Waals surface area contributed by atoms with Crippen molar-refractivity contribution in [2.24, 2.45) is 17.8 Å². The summed E-state index contributed by atoms with van der Waals surface area (Å²) in [7, 11) is 0. The summed E-state index contributed by atoms with van der Waals surface area (Å²) in [6.07, 6.45) is 1.20. The highest BCUT2D eigenvalue weighted by Gasteiger charge is 2.37. The van der Waals surface area contributed by atoms with Gasteiger partial charge in [-0.15, -0.1) is 0 Å². The monoisotopic (exact) mass is 209 g/mol. The van der Waals surface area contributed by atoms with E-state index in [0.717, 1.165) is 51.1 Å². The number of rotatable bonds is 1. The van der Waals surface area contributed by atoms with Crippen molar-refractivity contribution >= 4 is 5.91 Å². The molecule has 0 radical (unpaired) electrons. The van der Waals surface area contributed by atoms with E-state index in [2.05, 4.69) is 15.5 Å². The van der Waals surface area contributed by atoms with Gasteiger partial charge in [-0.2, -0.15) is 0 Å². The highest BCUT2D eigenvalue weighted by atomic mass is 16.2. The highest BCUT2D eigenvalue weighted by Crippen LogP contribution is 2.27. The van der Waals surface area contributed by atoms with E-state index < -0.39 is 0 Å². The predicted octanol–water partition coefficient (Wildman–Crippen LogP) is -0.726. The number of piperidine rings is 1. The first kappa shape index (κ1) is 9.60. The van der Waals surface area contributed by atoms with Crippen molar-refractivity contribution < 1.29 is 4.79 Å². The van der Waals surface area contributed by atoms with E-state index in [9.17, 15) is 4.79 Å². The van der Waals surface area contributed by atoms with Gasteiger partial charge in [-0.1, -0.05) is 0 Å². The van der Waals surface area contributed by atoms with Gasteiger partial charge in [0.2, 0.25) is 5.91 Å². The molecule has 0 saturated carbocycles. The van der Waals surface area contributed by atoms with Crippen LogP contribution in [-0.4, -0.2) is 50.1 Å². The molecule has 3 rings (SSSR count). The first-order valence-corrected chi connectivity index (χ1v) is 6.05. The van der Waals surface area contributed by atoms with Crippen LogP contribution in [0.3, 0.4) is 0 Å². The number of nitrogens with one attached hydrogen (secondary N) is 2. The highest BCUT2D eigenvalue weighted by molar-refractivity contribution is 5.80. The summed E-state index contributed by atoms with van der Waals surface area (Å²) in [5.74, 6) is 2.21. The van der Waals surface area contributed by atoms with Crippen LogP contribution in [0.4, 0.5) is 0 Å². The molecule has 3 fully saturated rings. The van der Waals surface area contributed by atoms with E-state index >= 15 is 0 Å². The molecule has 84 valence electrons. The molecule has 15 heavy (non-hydrogen) atoms. The van der Waals surface area contributed by atoms with Gasteiger partial charge < -0.3 is 15.5 Å². The molecular formula is C11H19N3O. The molecule has 3 aliphatic heterocycles. The topological polar surface area (TPSA) is 44.4 Å². The zero-order valence-electron chi connectivity index (χ0n) is 9.04. The minimum absolute atomic E-state index is 0.274. The molecule has 1 amide bonds. The molecule has 2 unspecified atom stereocenters. The largest absolute Gasteiger partial charge is 0.342 e. The summed E-state index contributed by atoms with van der Waals surface area (Å²) in [5.41, 5.74) is 0. The number of nitrogens with zero attached hydrogens (tertiary/aromatic N) is 1. The molecule has 0 aromatic heterocycles. The van der Waals surface area contributed by atoms with Gasteiger partial charge in [-0.25, -0.2) is 0 Å². The SMILES string of the molecule is O=C(C1CNC1)N1CCC2CNCC2C1. The van der Waals surface area contributed by atoms with Crippen LogP contribution in [0.5, 0.6) is 0 Å². The standard InChI is InChI=1S/C11H19N3O/c15-11(9-4-13-5-9)14-2-1-8-3-12-6-10(8)7-14/h8-10,12-13H,1-7H2. The third-order valence-corrected chi connectivity index (χ3v) is 4.15. The molecule has 0 bridgehead atoms. The Balaban J connectivity index is 1.60. The van der Waals surface area contributed by atoms with Crippen molar-refractivity contribution in [1.29, 1.82) is 0 Å². The molecule has 4 nitrogen and oxygen atoms in total. The fourth-order valence-corrected chi connectivity index (χ4v) is 2.96.